The van der Waals surface area contributed by atoms with Crippen LogP contribution in [0.1, 0.15) is 217 Å². The summed E-state index contributed by atoms with van der Waals surface area (Å²) in [6.07, 6.45) is 1.60. The molecule has 3 aromatic rings. The van der Waals surface area contributed by atoms with Crippen molar-refractivity contribution in [3.05, 3.63) is 81.3 Å². The summed E-state index contributed by atoms with van der Waals surface area (Å²) in [5, 5.41) is 73.6. The van der Waals surface area contributed by atoms with Gasteiger partial charge in [0.2, 0.25) is 35.4 Å². The number of hydrogen-bond acceptors (Lipinski definition) is 23. The minimum atomic E-state index is -1.68. The highest BCUT2D eigenvalue weighted by Gasteiger charge is 2.41. The largest absolute Gasteiger partial charge is 0.508 e. The van der Waals surface area contributed by atoms with Crippen LogP contribution in [0, 0.1) is 23.7 Å². The van der Waals surface area contributed by atoms with E-state index in [0.717, 1.165) is 42.7 Å². The lowest BCUT2D eigenvalue weighted by molar-refractivity contribution is -0.160. The number of carboxylic acid groups (broad SMARTS) is 4. The molecule has 1 fully saturated rings. The molecule has 38 heteroatoms. The van der Waals surface area contributed by atoms with Gasteiger partial charge in [0.05, 0.1) is 31.2 Å². The molecule has 11 amide bonds. The second-order valence-electron chi connectivity index (χ2n) is 30.5. The molecule has 1 aliphatic heterocycles. The molecule has 1 aliphatic rings. The number of nitrogens with zero attached hydrogens (tertiary/aromatic N) is 3. The van der Waals surface area contributed by atoms with Crippen molar-refractivity contribution in [2.75, 3.05) is 33.4 Å². The predicted molar refractivity (Wildman–Crippen MR) is 433 cm³/mol. The van der Waals surface area contributed by atoms with Gasteiger partial charge in [-0.15, -0.1) is 11.3 Å². The number of carbonyl (C=O) groups excluding carboxylic acids is 11. The predicted octanol–water partition coefficient (Wildman–Crippen LogP) is 5.71. The Hall–Kier alpha value is -10.2. The number of likely N-dealkylation sites (tertiary alicyclic amines) is 1. The van der Waals surface area contributed by atoms with Crippen molar-refractivity contribution >= 4 is 113 Å². The van der Waals surface area contributed by atoms with E-state index in [-0.39, 0.29) is 98.3 Å². The molecule has 2 aromatic carbocycles. The minimum absolute atomic E-state index is 0.00272. The van der Waals surface area contributed by atoms with Crippen LogP contribution in [0.4, 0.5) is 9.59 Å². The molecular weight excluding hydrogens is 1560 g/mol. The smallest absolute Gasteiger partial charge is 0.326 e. The fourth-order valence-corrected chi connectivity index (χ4v) is 14.1. The molecule has 0 spiro atoms. The molecule has 117 heavy (non-hydrogen) atoms. The van der Waals surface area contributed by atoms with E-state index < -0.39 is 174 Å². The molecule has 650 valence electrons. The van der Waals surface area contributed by atoms with Crippen LogP contribution in [0.25, 0.3) is 0 Å². The number of amides is 11. The van der Waals surface area contributed by atoms with E-state index in [0.29, 0.717) is 61.8 Å². The van der Waals surface area contributed by atoms with Crippen LogP contribution in [-0.2, 0) is 86.4 Å². The van der Waals surface area contributed by atoms with Crippen LogP contribution in [0.2, 0.25) is 0 Å². The Balaban J connectivity index is 1.33. The normalized spacial score (nSPS) is 15.7. The van der Waals surface area contributed by atoms with Gasteiger partial charge in [0, 0.05) is 86.0 Å². The first-order valence-corrected chi connectivity index (χ1v) is 41.2. The number of unbranched alkanes of at least 4 members (excludes halogenated alkanes) is 1. The van der Waals surface area contributed by atoms with E-state index in [1.54, 1.807) is 71.0 Å². The highest BCUT2D eigenvalue weighted by Crippen LogP contribution is 2.33. The lowest BCUT2D eigenvalue weighted by atomic mass is 9.92. The Bertz CT molecular complexity index is 3810. The average molecular weight is 1680 g/mol. The third-order valence-corrected chi connectivity index (χ3v) is 22.1. The van der Waals surface area contributed by atoms with Crippen LogP contribution in [-0.4, -0.2) is 216 Å². The second-order valence-corrected chi connectivity index (χ2v) is 32.9. The molecule has 2 heterocycles. The van der Waals surface area contributed by atoms with Gasteiger partial charge < -0.3 is 87.8 Å². The van der Waals surface area contributed by atoms with Crippen molar-refractivity contribution < 1.29 is 107 Å². The lowest BCUT2D eigenvalue weighted by Gasteiger charge is -2.39. The topological polar surface area (TPSA) is 527 Å². The number of likely N-dealkylation sites (N-methyl/N-ethyl adjacent to an activating group) is 1. The third-order valence-electron chi connectivity index (χ3n) is 20.1. The number of piperidine rings is 1. The first-order chi connectivity index (χ1) is 55.2. The Morgan fingerprint density at radius 3 is 1.97 bits per heavy atom. The SMILES string of the molecule is CCCC(=O)OCN(C(=O)[C@@H](NC(=O)[C@H]1CCCCN1C)C(C)CC)[C@H](C[C@@H](OC(C)=O)c1nc(C(=O)N[C@@H](Cc2ccc(O)cc2)C[C@H](C)C(=O)NNSC(C)(C)[C@@H](C)NC(=O)[C@H](CC(=O)O)NC(=O)[C@@H](CCNC(=O)Cc2ccc(CNC(=O)NCCCC[C@@H](C)NC(=O)N[C@@H](CCC(=O)O)C(=O)O)cc2)CC(=O)O)cs1)C(C)C. The summed E-state index contributed by atoms with van der Waals surface area (Å²) in [6, 6.07) is 4.65. The molecule has 12 atom stereocenters. The van der Waals surface area contributed by atoms with E-state index >= 15 is 4.79 Å². The number of thiazole rings is 1. The first-order valence-electron chi connectivity index (χ1n) is 39.5. The Morgan fingerprint density at radius 1 is 0.692 bits per heavy atom. The monoisotopic (exact) mass is 1680 g/mol. The summed E-state index contributed by atoms with van der Waals surface area (Å²) >= 11 is 2.02. The molecule has 0 bridgehead atoms. The number of phenols is 1. The number of hydrazine groups is 1. The number of hydrogen-bond donors (Lipinski definition) is 16. The van der Waals surface area contributed by atoms with Crippen LogP contribution in [0.3, 0.4) is 0 Å². The van der Waals surface area contributed by atoms with Crippen LogP contribution in [0.5, 0.6) is 5.75 Å². The molecule has 36 nitrogen and oxygen atoms in total. The molecule has 4 rings (SSSR count). The van der Waals surface area contributed by atoms with E-state index in [2.05, 4.69) is 63.1 Å². The molecule has 1 saturated heterocycles. The van der Waals surface area contributed by atoms with Crippen molar-refractivity contribution in [3.63, 3.8) is 0 Å². The molecule has 0 aliphatic carbocycles. The van der Waals surface area contributed by atoms with Crippen molar-refractivity contribution in [1.29, 1.82) is 0 Å². The van der Waals surface area contributed by atoms with E-state index in [1.807, 2.05) is 46.6 Å². The maximum Gasteiger partial charge on any atom is 0.326 e. The number of aromatic nitrogens is 1. The number of nitrogens with one attached hydrogen (secondary N) is 11. The molecule has 0 saturated carbocycles. The first kappa shape index (κ1) is 99.2. The molecule has 0 radical (unpaired) electrons. The summed E-state index contributed by atoms with van der Waals surface area (Å²) in [5.41, 5.74) is 4.58. The zero-order valence-corrected chi connectivity index (χ0v) is 70.4. The zero-order valence-electron chi connectivity index (χ0n) is 68.8. The fraction of sp³-hybridized carbons (Fsp3) is 0.620. The minimum Gasteiger partial charge on any atom is -0.508 e. The standard InChI is InChI=1S/C79H120N14O22S2/c1-13-19-67(103)114-44-93(75(109)68(46(5)14-2)89-73(108)60-21-16-18-35-92(60)12)61(45(3)4)41-62(115-50(9)94)74-87-59(43-116-74)72(107)85-55(37-51-26-28-56(95)29-27-51)36-47(6)69(104)90-91-117-79(10,11)49(8)84-71(106)58(40-66(101)102)86-70(105)54(39-65(99)100)32-34-80-63(96)38-52-22-24-53(25-23-52)42-82-77(112)81-33-17-15-20-48(7)83-78(113)88-57(76(110)111)30-31-64(97)98/h22-29,43,45-49,54-55,57-58,60-62,68,91,95H,13-21,30-42,44H2,1-12H3,(H,80,96)(H,84,106)(H,85,107)(H,86,105)(H,89,108)(H,90,104)(H,97,98)(H,99,100)(H,101,102)(H,110,111)(H2,81,82,112)(H2,83,88,113)/t46?,47-,48+,49+,54-,55+,57-,58-,60+,61+,62+,68-/m0/s1. The van der Waals surface area contributed by atoms with Gasteiger partial charge in [-0.3, -0.25) is 67.9 Å². The highest BCUT2D eigenvalue weighted by molar-refractivity contribution is 7.98. The Morgan fingerprint density at radius 2 is 1.36 bits per heavy atom. The summed E-state index contributed by atoms with van der Waals surface area (Å²) in [6.45, 7) is 19.4. The summed E-state index contributed by atoms with van der Waals surface area (Å²) in [7, 11) is 1.87. The van der Waals surface area contributed by atoms with Crippen molar-refractivity contribution in [2.45, 2.75) is 257 Å². The van der Waals surface area contributed by atoms with E-state index in [4.69, 9.17) is 14.6 Å². The van der Waals surface area contributed by atoms with Crippen molar-refractivity contribution in [3.8, 4) is 5.75 Å². The molecule has 16 N–H and O–H groups in total. The Labute approximate surface area is 690 Å². The number of ether oxygens (including phenoxy) is 2. The number of carbonyl (C=O) groups is 15. The van der Waals surface area contributed by atoms with Gasteiger partial charge in [0.1, 0.15) is 34.6 Å². The quantitative estimate of drug-likeness (QED) is 0.0106. The van der Waals surface area contributed by atoms with Gasteiger partial charge in [-0.2, -0.15) is 4.83 Å². The number of benzene rings is 2. The van der Waals surface area contributed by atoms with E-state index in [1.165, 1.54) is 29.3 Å². The van der Waals surface area contributed by atoms with Gasteiger partial charge in [0.25, 0.3) is 5.91 Å². The number of urea groups is 2. The van der Waals surface area contributed by atoms with Gasteiger partial charge in [-0.25, -0.2) is 19.4 Å². The number of aliphatic carboxylic acids is 4. The van der Waals surface area contributed by atoms with Crippen molar-refractivity contribution in [1.82, 2.24) is 72.9 Å². The highest BCUT2D eigenvalue weighted by atomic mass is 32.2. The van der Waals surface area contributed by atoms with Crippen LogP contribution >= 0.6 is 23.3 Å². The second kappa shape index (κ2) is 50.4. The maximum atomic E-state index is 15.1. The fourth-order valence-electron chi connectivity index (χ4n) is 12.6. The van der Waals surface area contributed by atoms with Crippen LogP contribution in [0.15, 0.2) is 53.9 Å². The summed E-state index contributed by atoms with van der Waals surface area (Å²) < 4.78 is 10.7. The maximum absolute atomic E-state index is 15.1. The average Bonchev–Trinajstić information content (AvgIpc) is 1.77. The Kier molecular flexibility index (Phi) is 42.7. The van der Waals surface area contributed by atoms with Crippen molar-refractivity contribution in [2.24, 2.45) is 23.7 Å². The van der Waals surface area contributed by atoms with Gasteiger partial charge in [0.15, 0.2) is 12.8 Å². The molecule has 1 aromatic heterocycles. The van der Waals surface area contributed by atoms with Gasteiger partial charge in [-0.05, 0) is 146 Å². The zero-order chi connectivity index (χ0) is 87.2. The van der Waals surface area contributed by atoms with Crippen LogP contribution < -0.4 is 58.1 Å². The lowest BCUT2D eigenvalue weighted by Crippen LogP contribution is -2.59. The molecular formula is C79H120N14O22S2. The van der Waals surface area contributed by atoms with E-state index in [9.17, 15) is 87.5 Å². The number of esters is 2. The number of phenolic OH excluding ortho intramolecular Hbond substituents is 1. The number of aromatic hydroxyl groups is 1. The number of rotatable bonds is 52. The summed E-state index contributed by atoms with van der Waals surface area (Å²) in [4.78, 5) is 206. The number of carboxylic acids is 4. The van der Waals surface area contributed by atoms with Gasteiger partial charge in [-0.1, -0.05) is 103 Å². The summed E-state index contributed by atoms with van der Waals surface area (Å²) in [5.74, 6) is -13.7. The molecule has 1 unspecified atom stereocenters. The van der Waals surface area contributed by atoms with Gasteiger partial charge >= 0.3 is 47.9 Å². The third kappa shape index (κ3) is 36.5.